The van der Waals surface area contributed by atoms with E-state index in [-0.39, 0.29) is 11.9 Å². The van der Waals surface area contributed by atoms with Gasteiger partial charge in [-0.25, -0.2) is 9.78 Å². The van der Waals surface area contributed by atoms with E-state index in [1.54, 1.807) is 24.5 Å². The third kappa shape index (κ3) is 7.54. The minimum absolute atomic E-state index is 0.175. The van der Waals surface area contributed by atoms with Crippen LogP contribution in [0.2, 0.25) is 10.0 Å². The Kier molecular flexibility index (Phi) is 12.9. The molecule has 7 nitrogen and oxygen atoms in total. The Morgan fingerprint density at radius 3 is 2.40 bits per heavy atom. The second-order valence-corrected chi connectivity index (χ2v) is 12.0. The zero-order chi connectivity index (χ0) is 31.8. The van der Waals surface area contributed by atoms with E-state index in [0.29, 0.717) is 33.8 Å². The van der Waals surface area contributed by atoms with E-state index in [9.17, 15) is 4.79 Å². The number of ether oxygens (including phenoxy) is 2. The van der Waals surface area contributed by atoms with Crippen molar-refractivity contribution in [2.75, 3.05) is 27.3 Å². The van der Waals surface area contributed by atoms with Crippen molar-refractivity contribution in [3.8, 4) is 17.0 Å². The van der Waals surface area contributed by atoms with E-state index < -0.39 is 0 Å². The minimum Gasteiger partial charge on any atom is -0.494 e. The molecule has 3 heterocycles. The van der Waals surface area contributed by atoms with Crippen LogP contribution < -0.4 is 4.74 Å². The SMILES string of the molecule is CC.CC.COC(=O)c1cc(OC)c2nc(C3CCN(Cc4c(-c5c(Cl)ccc(C)c5Cl)noc4C(C)C)CC3)sc2c1. The fourth-order valence-corrected chi connectivity index (χ4v) is 6.89. The second-order valence-electron chi connectivity index (χ2n) is 10.2. The number of aromatic nitrogens is 2. The summed E-state index contributed by atoms with van der Waals surface area (Å²) in [4.78, 5) is 19.5. The van der Waals surface area contributed by atoms with Gasteiger partial charge in [-0.3, -0.25) is 4.90 Å². The number of fused-ring (bicyclic) bond motifs is 1. The number of carbonyl (C=O) groups is 1. The molecule has 10 heteroatoms. The summed E-state index contributed by atoms with van der Waals surface area (Å²) in [6, 6.07) is 7.30. The summed E-state index contributed by atoms with van der Waals surface area (Å²) < 4.78 is 17.2. The van der Waals surface area contributed by atoms with Crippen LogP contribution in [0.1, 0.15) is 98.5 Å². The van der Waals surface area contributed by atoms with Gasteiger partial charge < -0.3 is 14.0 Å². The number of thiazole rings is 1. The monoisotopic (exact) mass is 647 g/mol. The highest BCUT2D eigenvalue weighted by molar-refractivity contribution is 7.18. The lowest BCUT2D eigenvalue weighted by atomic mass is 9.95. The fourth-order valence-electron chi connectivity index (χ4n) is 5.14. The molecule has 0 atom stereocenters. The smallest absolute Gasteiger partial charge is 0.338 e. The van der Waals surface area contributed by atoms with Crippen molar-refractivity contribution in [2.45, 2.75) is 79.7 Å². The Balaban J connectivity index is 0.00000121. The van der Waals surface area contributed by atoms with Gasteiger partial charge in [-0.2, -0.15) is 0 Å². The summed E-state index contributed by atoms with van der Waals surface area (Å²) in [5.41, 5.74) is 4.69. The van der Waals surface area contributed by atoms with Crippen LogP contribution in [0.4, 0.5) is 0 Å². The van der Waals surface area contributed by atoms with Crippen LogP contribution >= 0.6 is 34.5 Å². The predicted octanol–water partition coefficient (Wildman–Crippen LogP) is 9.92. The Morgan fingerprint density at radius 1 is 1.12 bits per heavy atom. The number of likely N-dealkylation sites (tertiary alicyclic amines) is 1. The van der Waals surface area contributed by atoms with Gasteiger partial charge in [0, 0.05) is 29.5 Å². The molecule has 1 saturated heterocycles. The van der Waals surface area contributed by atoms with Crippen molar-refractivity contribution < 1.29 is 18.8 Å². The molecule has 1 aliphatic rings. The fraction of sp³-hybridized carbons (Fsp3) is 0.485. The Hall–Kier alpha value is -2.65. The first-order valence-corrected chi connectivity index (χ1v) is 16.5. The van der Waals surface area contributed by atoms with E-state index in [1.807, 2.05) is 52.8 Å². The van der Waals surface area contributed by atoms with Gasteiger partial charge >= 0.3 is 5.97 Å². The predicted molar refractivity (Wildman–Crippen MR) is 178 cm³/mol. The van der Waals surface area contributed by atoms with Gasteiger partial charge in [-0.15, -0.1) is 11.3 Å². The van der Waals surface area contributed by atoms with Crippen LogP contribution in [-0.2, 0) is 11.3 Å². The average molecular weight is 649 g/mol. The molecular weight excluding hydrogens is 605 g/mol. The molecule has 5 rings (SSSR count). The highest BCUT2D eigenvalue weighted by Crippen LogP contribution is 2.42. The standard InChI is InChI=1S/C29H31Cl2N3O4S.2C2H6/c1-15(2)27-19(25(33-38-27)23-20(30)7-6-16(3)24(23)31)14-34-10-8-17(9-11-34)28-32-26-21(36-4)12-18(29(35)37-5)13-22(26)39-28;2*1-2/h6-7,12-13,15,17H,8-11,14H2,1-5H3;2*1-2H3. The molecule has 0 amide bonds. The van der Waals surface area contributed by atoms with Crippen LogP contribution in [0.25, 0.3) is 21.5 Å². The Bertz CT molecular complexity index is 1520. The first kappa shape index (κ1) is 34.8. The zero-order valence-electron chi connectivity index (χ0n) is 26.6. The molecule has 2 aromatic carbocycles. The van der Waals surface area contributed by atoms with Crippen molar-refractivity contribution in [1.29, 1.82) is 0 Å². The van der Waals surface area contributed by atoms with E-state index in [2.05, 4.69) is 23.9 Å². The number of benzene rings is 2. The largest absolute Gasteiger partial charge is 0.494 e. The topological polar surface area (TPSA) is 77.7 Å². The molecule has 0 unspecified atom stereocenters. The van der Waals surface area contributed by atoms with Crippen LogP contribution in [0.3, 0.4) is 0 Å². The third-order valence-electron chi connectivity index (χ3n) is 7.30. The number of methoxy groups -OCH3 is 2. The van der Waals surface area contributed by atoms with Gasteiger partial charge in [-0.05, 0) is 56.6 Å². The average Bonchev–Trinajstić information content (AvgIpc) is 3.65. The summed E-state index contributed by atoms with van der Waals surface area (Å²) in [6.07, 6.45) is 1.94. The lowest BCUT2D eigenvalue weighted by molar-refractivity contribution is 0.0600. The third-order valence-corrected chi connectivity index (χ3v) is 9.27. The zero-order valence-corrected chi connectivity index (χ0v) is 29.0. The van der Waals surface area contributed by atoms with Gasteiger partial charge in [0.25, 0.3) is 0 Å². The van der Waals surface area contributed by atoms with Crippen molar-refractivity contribution in [1.82, 2.24) is 15.0 Å². The number of hydrogen-bond donors (Lipinski definition) is 0. The first-order valence-electron chi connectivity index (χ1n) is 14.9. The molecule has 2 aromatic heterocycles. The van der Waals surface area contributed by atoms with Crippen molar-refractivity contribution >= 4 is 50.7 Å². The van der Waals surface area contributed by atoms with Gasteiger partial charge in [0.2, 0.25) is 0 Å². The maximum absolute atomic E-state index is 12.1. The Morgan fingerprint density at radius 2 is 1.79 bits per heavy atom. The van der Waals surface area contributed by atoms with Gasteiger partial charge in [0.1, 0.15) is 22.7 Å². The number of halogens is 2. The molecule has 0 aliphatic carbocycles. The van der Waals surface area contributed by atoms with Crippen LogP contribution in [0.5, 0.6) is 5.75 Å². The molecule has 1 aliphatic heterocycles. The van der Waals surface area contributed by atoms with E-state index in [0.717, 1.165) is 69.3 Å². The first-order chi connectivity index (χ1) is 20.7. The Labute approximate surface area is 269 Å². The number of carbonyl (C=O) groups excluding carboxylic acids is 1. The molecule has 0 saturated carbocycles. The van der Waals surface area contributed by atoms with Gasteiger partial charge in [-0.1, -0.05) is 76.0 Å². The molecule has 0 N–H and O–H groups in total. The van der Waals surface area contributed by atoms with Gasteiger partial charge in [0.15, 0.2) is 0 Å². The highest BCUT2D eigenvalue weighted by atomic mass is 35.5. The number of rotatable bonds is 7. The number of piperidine rings is 1. The molecule has 0 bridgehead atoms. The molecule has 0 spiro atoms. The number of aryl methyl sites for hydroxylation is 1. The summed E-state index contributed by atoms with van der Waals surface area (Å²) in [7, 11) is 2.97. The maximum atomic E-state index is 12.1. The van der Waals surface area contributed by atoms with Crippen LogP contribution in [0.15, 0.2) is 28.8 Å². The van der Waals surface area contributed by atoms with Crippen LogP contribution in [0, 0.1) is 6.92 Å². The maximum Gasteiger partial charge on any atom is 0.338 e. The summed E-state index contributed by atoms with van der Waals surface area (Å²) in [6.45, 7) is 16.7. The lowest BCUT2D eigenvalue weighted by Gasteiger charge is -2.31. The van der Waals surface area contributed by atoms with Gasteiger partial charge in [0.05, 0.1) is 39.5 Å². The number of esters is 1. The minimum atomic E-state index is -0.388. The summed E-state index contributed by atoms with van der Waals surface area (Å²) >= 11 is 14.9. The molecule has 0 radical (unpaired) electrons. The quantitative estimate of drug-likeness (QED) is 0.185. The molecule has 43 heavy (non-hydrogen) atoms. The summed E-state index contributed by atoms with van der Waals surface area (Å²) in [5.74, 6) is 1.56. The number of nitrogens with zero attached hydrogens (tertiary/aromatic N) is 3. The lowest BCUT2D eigenvalue weighted by Crippen LogP contribution is -2.32. The van der Waals surface area contributed by atoms with Crippen LogP contribution in [-0.4, -0.2) is 48.3 Å². The van der Waals surface area contributed by atoms with Crippen molar-refractivity contribution in [3.05, 3.63) is 61.8 Å². The summed E-state index contributed by atoms with van der Waals surface area (Å²) in [5, 5.41) is 6.68. The van der Waals surface area contributed by atoms with E-state index >= 15 is 0 Å². The normalized spacial score (nSPS) is 13.8. The molecule has 4 aromatic rings. The molecular formula is C33H43Cl2N3O4S. The van der Waals surface area contributed by atoms with Crippen molar-refractivity contribution in [3.63, 3.8) is 0 Å². The molecule has 1 fully saturated rings. The number of hydrogen-bond acceptors (Lipinski definition) is 8. The molecule has 234 valence electrons. The van der Waals surface area contributed by atoms with Crippen molar-refractivity contribution in [2.24, 2.45) is 0 Å². The van der Waals surface area contributed by atoms with E-state index in [4.69, 9.17) is 42.2 Å². The second kappa shape index (κ2) is 15.9. The van der Waals surface area contributed by atoms with E-state index in [1.165, 1.54) is 7.11 Å². The highest BCUT2D eigenvalue weighted by Gasteiger charge is 2.29.